The van der Waals surface area contributed by atoms with Crippen LogP contribution in [0.25, 0.3) is 0 Å². The maximum atomic E-state index is 11.6. The molecular weight excluding hydrogens is 441 g/mol. The van der Waals surface area contributed by atoms with Crippen molar-refractivity contribution < 1.29 is 4.79 Å². The highest BCUT2D eigenvalue weighted by atomic mass is 127. The lowest BCUT2D eigenvalue weighted by atomic mass is 9.92. The Morgan fingerprint density at radius 1 is 1.08 bits per heavy atom. The molecule has 1 amide bonds. The van der Waals surface area contributed by atoms with Gasteiger partial charge in [0.25, 0.3) is 0 Å². The third-order valence-electron chi connectivity index (χ3n) is 5.35. The number of rotatable bonds is 6. The number of aliphatic imine (C=N–C) groups is 1. The zero-order chi connectivity index (χ0) is 18.1. The second-order valence-electron chi connectivity index (χ2n) is 7.71. The summed E-state index contributed by atoms with van der Waals surface area (Å²) in [5, 5.41) is 9.80. The van der Waals surface area contributed by atoms with Crippen LogP contribution < -0.4 is 16.0 Å². The molecule has 1 aliphatic carbocycles. The average molecular weight is 479 g/mol. The Morgan fingerprint density at radius 2 is 1.77 bits per heavy atom. The summed E-state index contributed by atoms with van der Waals surface area (Å²) in [6.07, 6.45) is 9.40. The zero-order valence-corrected chi connectivity index (χ0v) is 19.1. The molecule has 0 bridgehead atoms. The van der Waals surface area contributed by atoms with Gasteiger partial charge in [0.2, 0.25) is 5.91 Å². The first-order chi connectivity index (χ1) is 12.1. The van der Waals surface area contributed by atoms with Gasteiger partial charge in [-0.15, -0.1) is 24.0 Å². The molecule has 152 valence electrons. The van der Waals surface area contributed by atoms with Crippen LogP contribution in [-0.4, -0.2) is 62.1 Å². The lowest BCUT2D eigenvalue weighted by Gasteiger charge is -2.40. The van der Waals surface area contributed by atoms with E-state index in [0.29, 0.717) is 19.1 Å². The quantitative estimate of drug-likeness (QED) is 0.237. The third-order valence-corrected chi connectivity index (χ3v) is 5.35. The van der Waals surface area contributed by atoms with Crippen LogP contribution in [-0.2, 0) is 4.79 Å². The molecule has 1 aliphatic heterocycles. The summed E-state index contributed by atoms with van der Waals surface area (Å²) in [4.78, 5) is 18.6. The van der Waals surface area contributed by atoms with Crippen LogP contribution >= 0.6 is 24.0 Å². The van der Waals surface area contributed by atoms with Crippen molar-refractivity contribution in [2.45, 2.75) is 70.9 Å². The molecule has 7 heteroatoms. The standard InChI is InChI=1S/C19H37N5O.HI/c1-15(2)18(25)21-11-12-22-19(20-3)23-16-8-7-13-24(14-16)17-9-5-4-6-10-17;/h15-17H,4-14H2,1-3H3,(H,21,25)(H2,20,22,23);1H. The molecule has 6 nitrogen and oxygen atoms in total. The number of likely N-dealkylation sites (tertiary alicyclic amines) is 1. The van der Waals surface area contributed by atoms with Crippen LogP contribution in [0.5, 0.6) is 0 Å². The second-order valence-corrected chi connectivity index (χ2v) is 7.71. The van der Waals surface area contributed by atoms with Crippen molar-refractivity contribution in [2.75, 3.05) is 33.2 Å². The maximum absolute atomic E-state index is 11.6. The molecular formula is C19H38IN5O. The van der Waals surface area contributed by atoms with E-state index in [0.717, 1.165) is 18.5 Å². The molecule has 3 N–H and O–H groups in total. The Bertz CT molecular complexity index is 438. The predicted molar refractivity (Wildman–Crippen MR) is 119 cm³/mol. The lowest BCUT2D eigenvalue weighted by molar-refractivity contribution is -0.123. The van der Waals surface area contributed by atoms with Gasteiger partial charge in [-0.1, -0.05) is 33.1 Å². The number of carbonyl (C=O) groups is 1. The topological polar surface area (TPSA) is 68.8 Å². The number of carbonyl (C=O) groups excluding carboxylic acids is 1. The van der Waals surface area contributed by atoms with E-state index in [1.54, 1.807) is 0 Å². The van der Waals surface area contributed by atoms with E-state index < -0.39 is 0 Å². The third kappa shape index (κ3) is 7.98. The molecule has 0 aromatic carbocycles. The number of amides is 1. The molecule has 1 heterocycles. The second kappa shape index (κ2) is 12.8. The lowest BCUT2D eigenvalue weighted by Crippen LogP contribution is -2.54. The molecule has 2 aliphatic rings. The highest BCUT2D eigenvalue weighted by molar-refractivity contribution is 14.0. The Morgan fingerprint density at radius 3 is 2.42 bits per heavy atom. The first-order valence-electron chi connectivity index (χ1n) is 10.1. The smallest absolute Gasteiger partial charge is 0.222 e. The molecule has 1 saturated heterocycles. The first-order valence-corrected chi connectivity index (χ1v) is 10.1. The van der Waals surface area contributed by atoms with Crippen LogP contribution in [0.4, 0.5) is 0 Å². The van der Waals surface area contributed by atoms with Crippen molar-refractivity contribution >= 4 is 35.8 Å². The predicted octanol–water partition coefficient (Wildman–Crippen LogP) is 2.34. The largest absolute Gasteiger partial charge is 0.355 e. The number of hydrogen-bond donors (Lipinski definition) is 3. The summed E-state index contributed by atoms with van der Waals surface area (Å²) in [5.41, 5.74) is 0. The molecule has 1 saturated carbocycles. The Balaban J connectivity index is 0.00000338. The first kappa shape index (κ1) is 23.5. The van der Waals surface area contributed by atoms with Crippen LogP contribution in [0.15, 0.2) is 4.99 Å². The van der Waals surface area contributed by atoms with Gasteiger partial charge in [-0.2, -0.15) is 0 Å². The Labute approximate surface area is 176 Å². The van der Waals surface area contributed by atoms with Gasteiger partial charge in [-0.25, -0.2) is 0 Å². The van der Waals surface area contributed by atoms with Crippen LogP contribution in [0.2, 0.25) is 0 Å². The average Bonchev–Trinajstić information content (AvgIpc) is 2.64. The van der Waals surface area contributed by atoms with Crippen molar-refractivity contribution in [1.29, 1.82) is 0 Å². The van der Waals surface area contributed by atoms with E-state index in [9.17, 15) is 4.79 Å². The normalized spacial score (nSPS) is 22.6. The molecule has 0 radical (unpaired) electrons. The summed E-state index contributed by atoms with van der Waals surface area (Å²) < 4.78 is 0. The van der Waals surface area contributed by atoms with Crippen LogP contribution in [0, 0.1) is 5.92 Å². The van der Waals surface area contributed by atoms with Gasteiger partial charge in [0, 0.05) is 44.7 Å². The Kier molecular flexibility index (Phi) is 11.5. The minimum absolute atomic E-state index is 0. The maximum Gasteiger partial charge on any atom is 0.222 e. The van der Waals surface area contributed by atoms with E-state index in [1.165, 1.54) is 51.5 Å². The van der Waals surface area contributed by atoms with Gasteiger partial charge in [-0.05, 0) is 32.2 Å². The monoisotopic (exact) mass is 479 g/mol. The van der Waals surface area contributed by atoms with Crippen molar-refractivity contribution in [1.82, 2.24) is 20.9 Å². The van der Waals surface area contributed by atoms with Crippen molar-refractivity contribution in [3.05, 3.63) is 0 Å². The minimum Gasteiger partial charge on any atom is -0.355 e. The van der Waals surface area contributed by atoms with E-state index in [2.05, 4.69) is 25.8 Å². The summed E-state index contributed by atoms with van der Waals surface area (Å²) >= 11 is 0. The van der Waals surface area contributed by atoms with E-state index >= 15 is 0 Å². The highest BCUT2D eigenvalue weighted by Gasteiger charge is 2.27. The molecule has 0 spiro atoms. The molecule has 2 rings (SSSR count). The fourth-order valence-electron chi connectivity index (χ4n) is 3.86. The highest BCUT2D eigenvalue weighted by Crippen LogP contribution is 2.25. The van der Waals surface area contributed by atoms with Crippen molar-refractivity contribution in [2.24, 2.45) is 10.9 Å². The summed E-state index contributed by atoms with van der Waals surface area (Å²) in [5.74, 6) is 0.972. The summed E-state index contributed by atoms with van der Waals surface area (Å²) in [7, 11) is 1.81. The summed E-state index contributed by atoms with van der Waals surface area (Å²) in [6, 6.07) is 1.26. The number of piperidine rings is 1. The van der Waals surface area contributed by atoms with Crippen molar-refractivity contribution in [3.8, 4) is 0 Å². The number of nitrogens with zero attached hydrogens (tertiary/aromatic N) is 2. The van der Waals surface area contributed by atoms with Gasteiger partial charge >= 0.3 is 0 Å². The number of nitrogens with one attached hydrogen (secondary N) is 3. The molecule has 1 unspecified atom stereocenters. The molecule has 2 fully saturated rings. The van der Waals surface area contributed by atoms with Gasteiger partial charge in [-0.3, -0.25) is 14.7 Å². The number of hydrogen-bond acceptors (Lipinski definition) is 3. The van der Waals surface area contributed by atoms with Gasteiger partial charge in [0.15, 0.2) is 5.96 Å². The minimum atomic E-state index is 0. The molecule has 26 heavy (non-hydrogen) atoms. The van der Waals surface area contributed by atoms with Gasteiger partial charge in [0.05, 0.1) is 0 Å². The Hall–Kier alpha value is -0.570. The van der Waals surface area contributed by atoms with E-state index in [4.69, 9.17) is 0 Å². The van der Waals surface area contributed by atoms with Crippen LogP contribution in [0.3, 0.4) is 0 Å². The number of guanidine groups is 1. The molecule has 0 aromatic rings. The fourth-order valence-corrected chi connectivity index (χ4v) is 3.86. The van der Waals surface area contributed by atoms with Crippen molar-refractivity contribution in [3.63, 3.8) is 0 Å². The van der Waals surface area contributed by atoms with Gasteiger partial charge in [0.1, 0.15) is 0 Å². The summed E-state index contributed by atoms with van der Waals surface area (Å²) in [6.45, 7) is 7.49. The fraction of sp³-hybridized carbons (Fsp3) is 0.895. The van der Waals surface area contributed by atoms with E-state index in [-0.39, 0.29) is 35.8 Å². The number of halogens is 1. The molecule has 1 atom stereocenters. The van der Waals surface area contributed by atoms with Crippen LogP contribution in [0.1, 0.15) is 58.8 Å². The van der Waals surface area contributed by atoms with Gasteiger partial charge < -0.3 is 16.0 Å². The zero-order valence-electron chi connectivity index (χ0n) is 16.7. The molecule has 0 aromatic heterocycles. The van der Waals surface area contributed by atoms with E-state index in [1.807, 2.05) is 20.9 Å². The SMILES string of the molecule is CN=C(NCCNC(=O)C(C)C)NC1CCCN(C2CCCCC2)C1.I.